The van der Waals surface area contributed by atoms with Gasteiger partial charge in [0.05, 0.1) is 4.99 Å². The van der Waals surface area contributed by atoms with Crippen molar-refractivity contribution in [2.75, 3.05) is 32.9 Å². The Hall–Kier alpha value is -0.240. The highest BCUT2D eigenvalue weighted by Gasteiger charge is 2.10. The lowest BCUT2D eigenvalue weighted by molar-refractivity contribution is 0.394. The van der Waals surface area contributed by atoms with Gasteiger partial charge in [-0.2, -0.15) is 0 Å². The maximum atomic E-state index is 11.2. The number of nitrogens with two attached hydrogens (primary N) is 1. The fraction of sp³-hybridized carbons (Fsp3) is 0.875. The Balaban J connectivity index is 3.63. The molecule has 0 saturated carbocycles. The molecule has 0 heterocycles. The minimum Gasteiger partial charge on any atom is -0.392 e. The molecular formula is C8H19N3O2S2. The summed E-state index contributed by atoms with van der Waals surface area (Å²) in [5.41, 5.74) is 5.15. The summed E-state index contributed by atoms with van der Waals surface area (Å²) in [5, 5.41) is 0. The maximum absolute atomic E-state index is 11.2. The topological polar surface area (TPSA) is 75.4 Å². The van der Waals surface area contributed by atoms with Gasteiger partial charge in [0.1, 0.15) is 5.75 Å². The maximum Gasteiger partial charge on any atom is 0.218 e. The second kappa shape index (κ2) is 7.10. The standard InChI is InChI=1S/C8H19N3O2S2/c1-11(2)6-4-3-5-10-15(12,13)7-8(9)14/h10H,3-7H2,1-2H3,(H2,9,14). The average Bonchev–Trinajstić information content (AvgIpc) is 1.99. The van der Waals surface area contributed by atoms with Gasteiger partial charge in [0.15, 0.2) is 0 Å². The fourth-order valence-electron chi connectivity index (χ4n) is 1.02. The zero-order valence-corrected chi connectivity index (χ0v) is 10.8. The van der Waals surface area contributed by atoms with Gasteiger partial charge in [-0.25, -0.2) is 13.1 Å². The first-order valence-electron chi connectivity index (χ1n) is 4.74. The minimum atomic E-state index is -3.31. The Kier molecular flexibility index (Phi) is 6.99. The number of nitrogens with zero attached hydrogens (tertiary/aromatic N) is 1. The third kappa shape index (κ3) is 10.1. The van der Waals surface area contributed by atoms with E-state index in [0.717, 1.165) is 19.4 Å². The first-order valence-corrected chi connectivity index (χ1v) is 6.80. The van der Waals surface area contributed by atoms with E-state index in [1.54, 1.807) is 0 Å². The fourth-order valence-corrected chi connectivity index (χ4v) is 2.42. The smallest absolute Gasteiger partial charge is 0.218 e. The van der Waals surface area contributed by atoms with Crippen LogP contribution >= 0.6 is 12.2 Å². The van der Waals surface area contributed by atoms with Gasteiger partial charge in [-0.3, -0.25) is 0 Å². The van der Waals surface area contributed by atoms with Crippen molar-refractivity contribution in [1.82, 2.24) is 9.62 Å². The van der Waals surface area contributed by atoms with Crippen molar-refractivity contribution in [2.24, 2.45) is 5.73 Å². The predicted molar refractivity (Wildman–Crippen MR) is 66.4 cm³/mol. The number of unbranched alkanes of at least 4 members (excludes halogenated alkanes) is 1. The Morgan fingerprint density at radius 3 is 2.47 bits per heavy atom. The van der Waals surface area contributed by atoms with Crippen molar-refractivity contribution >= 4 is 27.2 Å². The molecule has 0 aliphatic rings. The van der Waals surface area contributed by atoms with E-state index >= 15 is 0 Å². The number of hydrogen-bond donors (Lipinski definition) is 2. The predicted octanol–water partition coefficient (Wildman–Crippen LogP) is -0.466. The van der Waals surface area contributed by atoms with Crippen LogP contribution in [0.1, 0.15) is 12.8 Å². The van der Waals surface area contributed by atoms with Crippen LogP contribution in [-0.2, 0) is 10.0 Å². The van der Waals surface area contributed by atoms with Crippen molar-refractivity contribution in [3.05, 3.63) is 0 Å². The van der Waals surface area contributed by atoms with Crippen LogP contribution < -0.4 is 10.5 Å². The van der Waals surface area contributed by atoms with E-state index in [4.69, 9.17) is 5.73 Å². The molecule has 0 aromatic rings. The highest BCUT2D eigenvalue weighted by atomic mass is 32.2. The number of thiocarbonyl (C=S) groups is 1. The second-order valence-electron chi connectivity index (χ2n) is 3.63. The molecule has 0 aliphatic heterocycles. The largest absolute Gasteiger partial charge is 0.392 e. The van der Waals surface area contributed by atoms with Crippen molar-refractivity contribution in [1.29, 1.82) is 0 Å². The molecule has 0 spiro atoms. The third-order valence-electron chi connectivity index (χ3n) is 1.69. The molecule has 15 heavy (non-hydrogen) atoms. The molecule has 0 amide bonds. The summed E-state index contributed by atoms with van der Waals surface area (Å²) in [7, 11) is 0.655. The van der Waals surface area contributed by atoms with Crippen molar-refractivity contribution in [2.45, 2.75) is 12.8 Å². The molecule has 5 nitrogen and oxygen atoms in total. The summed E-state index contributed by atoms with van der Waals surface area (Å²) < 4.78 is 24.9. The molecule has 90 valence electrons. The van der Waals surface area contributed by atoms with Crippen LogP contribution in [0.25, 0.3) is 0 Å². The Morgan fingerprint density at radius 1 is 1.40 bits per heavy atom. The van der Waals surface area contributed by atoms with Gasteiger partial charge < -0.3 is 10.6 Å². The molecule has 0 rings (SSSR count). The first-order chi connectivity index (χ1) is 6.83. The minimum absolute atomic E-state index is 0.00390. The number of sulfonamides is 1. The summed E-state index contributed by atoms with van der Waals surface area (Å²) in [4.78, 5) is 2.06. The van der Waals surface area contributed by atoms with Gasteiger partial charge in [0, 0.05) is 6.54 Å². The Labute approximate surface area is 97.1 Å². The van der Waals surface area contributed by atoms with E-state index < -0.39 is 10.0 Å². The quantitative estimate of drug-likeness (QED) is 0.452. The zero-order chi connectivity index (χ0) is 11.9. The molecular weight excluding hydrogens is 234 g/mol. The number of hydrogen-bond acceptors (Lipinski definition) is 4. The van der Waals surface area contributed by atoms with Gasteiger partial charge in [-0.1, -0.05) is 12.2 Å². The van der Waals surface area contributed by atoms with Gasteiger partial charge in [0.2, 0.25) is 10.0 Å². The molecule has 0 fully saturated rings. The summed E-state index contributed by atoms with van der Waals surface area (Å²) in [6.45, 7) is 1.40. The second-order valence-corrected chi connectivity index (χ2v) is 5.96. The van der Waals surface area contributed by atoms with E-state index in [1.807, 2.05) is 14.1 Å². The number of nitrogens with one attached hydrogen (secondary N) is 1. The van der Waals surface area contributed by atoms with E-state index in [1.165, 1.54) is 0 Å². The van der Waals surface area contributed by atoms with Gasteiger partial charge in [-0.05, 0) is 33.5 Å². The van der Waals surface area contributed by atoms with Crippen molar-refractivity contribution < 1.29 is 8.42 Å². The van der Waals surface area contributed by atoms with E-state index in [2.05, 4.69) is 21.8 Å². The highest BCUT2D eigenvalue weighted by molar-refractivity contribution is 7.92. The molecule has 0 bridgehead atoms. The molecule has 0 atom stereocenters. The monoisotopic (exact) mass is 253 g/mol. The van der Waals surface area contributed by atoms with Crippen molar-refractivity contribution in [3.8, 4) is 0 Å². The number of rotatable bonds is 8. The SMILES string of the molecule is CN(C)CCCCNS(=O)(=O)CC(N)=S. The first kappa shape index (κ1) is 14.8. The summed E-state index contributed by atoms with van der Waals surface area (Å²) >= 11 is 4.53. The summed E-state index contributed by atoms with van der Waals surface area (Å²) in [6, 6.07) is 0. The van der Waals surface area contributed by atoms with E-state index in [9.17, 15) is 8.42 Å². The Morgan fingerprint density at radius 2 is 2.00 bits per heavy atom. The third-order valence-corrected chi connectivity index (χ3v) is 3.35. The van der Waals surface area contributed by atoms with Crippen LogP contribution in [0.5, 0.6) is 0 Å². The van der Waals surface area contributed by atoms with Crippen LogP contribution in [0, 0.1) is 0 Å². The lowest BCUT2D eigenvalue weighted by Gasteiger charge is -2.09. The van der Waals surface area contributed by atoms with E-state index in [0.29, 0.717) is 6.54 Å². The van der Waals surface area contributed by atoms with Crippen LogP contribution in [0.15, 0.2) is 0 Å². The lowest BCUT2D eigenvalue weighted by Crippen LogP contribution is -2.33. The zero-order valence-electron chi connectivity index (χ0n) is 9.19. The van der Waals surface area contributed by atoms with Crippen molar-refractivity contribution in [3.63, 3.8) is 0 Å². The highest BCUT2D eigenvalue weighted by Crippen LogP contribution is 1.91. The van der Waals surface area contributed by atoms with Gasteiger partial charge >= 0.3 is 0 Å². The van der Waals surface area contributed by atoms with Crippen LogP contribution in [0.4, 0.5) is 0 Å². The van der Waals surface area contributed by atoms with Crippen LogP contribution in [-0.4, -0.2) is 51.2 Å². The molecule has 3 N–H and O–H groups in total. The normalized spacial score (nSPS) is 11.9. The molecule has 0 aliphatic carbocycles. The molecule has 0 aromatic carbocycles. The molecule has 7 heteroatoms. The Bertz CT molecular complexity index is 288. The average molecular weight is 253 g/mol. The molecule has 0 saturated heterocycles. The van der Waals surface area contributed by atoms with E-state index in [-0.39, 0.29) is 10.7 Å². The van der Waals surface area contributed by atoms with Crippen LogP contribution in [0.2, 0.25) is 0 Å². The van der Waals surface area contributed by atoms with Crippen LogP contribution in [0.3, 0.4) is 0 Å². The summed E-state index contributed by atoms with van der Waals surface area (Å²) in [5.74, 6) is -0.268. The molecule has 0 aromatic heterocycles. The lowest BCUT2D eigenvalue weighted by atomic mass is 10.3. The summed E-state index contributed by atoms with van der Waals surface area (Å²) in [6.07, 6.45) is 1.78. The van der Waals surface area contributed by atoms with Gasteiger partial charge in [0.25, 0.3) is 0 Å². The van der Waals surface area contributed by atoms with Gasteiger partial charge in [-0.15, -0.1) is 0 Å². The molecule has 0 unspecified atom stereocenters. The molecule has 0 radical (unpaired) electrons.